The molecule has 0 unspecified atom stereocenters. The highest BCUT2D eigenvalue weighted by Crippen LogP contribution is 2.26. The molecular formula is C15H16FN3O4. The van der Waals surface area contributed by atoms with Crippen LogP contribution in [0.2, 0.25) is 0 Å². The summed E-state index contributed by atoms with van der Waals surface area (Å²) < 4.78 is 19.7. The number of hydrogen-bond donors (Lipinski definition) is 3. The van der Waals surface area contributed by atoms with Crippen molar-refractivity contribution in [3.8, 4) is 0 Å². The number of ether oxygens (including phenoxy) is 1. The van der Waals surface area contributed by atoms with E-state index in [9.17, 15) is 19.1 Å². The predicted octanol–water partition coefficient (Wildman–Crippen LogP) is 1.24. The zero-order valence-electron chi connectivity index (χ0n) is 12.5. The number of nitrogens with one attached hydrogen (secondary N) is 2. The second-order valence-electron chi connectivity index (χ2n) is 5.21. The Bertz CT molecular complexity index is 828. The summed E-state index contributed by atoms with van der Waals surface area (Å²) in [5, 5.41) is 11.9. The Balaban J connectivity index is 2.22. The fourth-order valence-corrected chi connectivity index (χ4v) is 2.74. The number of carboxylic acid groups (broad SMARTS) is 1. The molecule has 0 saturated carbocycles. The van der Waals surface area contributed by atoms with Gasteiger partial charge in [-0.1, -0.05) is 0 Å². The van der Waals surface area contributed by atoms with E-state index in [1.165, 1.54) is 13.1 Å². The summed E-state index contributed by atoms with van der Waals surface area (Å²) in [6.07, 6.45) is 0. The van der Waals surface area contributed by atoms with Crippen LogP contribution < -0.4 is 15.6 Å². The van der Waals surface area contributed by atoms with Gasteiger partial charge in [0.2, 0.25) is 5.43 Å². The lowest BCUT2D eigenvalue weighted by atomic mass is 10.1. The van der Waals surface area contributed by atoms with E-state index in [0.29, 0.717) is 37.5 Å². The van der Waals surface area contributed by atoms with Crippen molar-refractivity contribution in [2.45, 2.75) is 0 Å². The highest BCUT2D eigenvalue weighted by atomic mass is 19.1. The van der Waals surface area contributed by atoms with Crippen LogP contribution in [0.1, 0.15) is 10.4 Å². The highest BCUT2D eigenvalue weighted by molar-refractivity contribution is 5.98. The number of rotatable bonds is 3. The molecule has 0 amide bonds. The number of halogens is 1. The first-order chi connectivity index (χ1) is 11.0. The number of pyridine rings is 1. The van der Waals surface area contributed by atoms with Crippen LogP contribution in [-0.2, 0) is 4.74 Å². The maximum atomic E-state index is 14.4. The Morgan fingerprint density at radius 3 is 2.70 bits per heavy atom. The number of benzene rings is 1. The largest absolute Gasteiger partial charge is 0.477 e. The molecule has 1 aromatic carbocycles. The molecule has 1 aromatic heterocycles. The molecule has 0 radical (unpaired) electrons. The lowest BCUT2D eigenvalue weighted by Crippen LogP contribution is -2.36. The summed E-state index contributed by atoms with van der Waals surface area (Å²) in [7, 11) is 1.51. The van der Waals surface area contributed by atoms with Crippen molar-refractivity contribution >= 4 is 28.4 Å². The van der Waals surface area contributed by atoms with Crippen molar-refractivity contribution in [1.82, 2.24) is 4.98 Å². The minimum Gasteiger partial charge on any atom is -0.477 e. The Hall–Kier alpha value is -2.61. The summed E-state index contributed by atoms with van der Waals surface area (Å²) in [5.41, 5.74) is -0.407. The summed E-state index contributed by atoms with van der Waals surface area (Å²) in [4.78, 5) is 28.3. The zero-order chi connectivity index (χ0) is 16.6. The molecule has 0 atom stereocenters. The maximum absolute atomic E-state index is 14.4. The Labute approximate surface area is 130 Å². The number of anilines is 2. The normalized spacial score (nSPS) is 15.0. The monoisotopic (exact) mass is 321 g/mol. The van der Waals surface area contributed by atoms with Gasteiger partial charge in [0.15, 0.2) is 0 Å². The van der Waals surface area contributed by atoms with Crippen molar-refractivity contribution in [3.63, 3.8) is 0 Å². The van der Waals surface area contributed by atoms with Crippen LogP contribution in [0.5, 0.6) is 0 Å². The number of hydrogen-bond acceptors (Lipinski definition) is 5. The molecule has 3 N–H and O–H groups in total. The van der Waals surface area contributed by atoms with Gasteiger partial charge >= 0.3 is 5.97 Å². The molecule has 122 valence electrons. The van der Waals surface area contributed by atoms with Gasteiger partial charge in [0.25, 0.3) is 0 Å². The average Bonchev–Trinajstić information content (AvgIpc) is 2.55. The van der Waals surface area contributed by atoms with Crippen molar-refractivity contribution in [3.05, 3.63) is 33.7 Å². The van der Waals surface area contributed by atoms with E-state index in [1.807, 2.05) is 4.90 Å². The van der Waals surface area contributed by atoms with Crippen molar-refractivity contribution < 1.29 is 19.0 Å². The minimum atomic E-state index is -1.37. The third-order valence-electron chi connectivity index (χ3n) is 3.88. The highest BCUT2D eigenvalue weighted by Gasteiger charge is 2.21. The van der Waals surface area contributed by atoms with E-state index < -0.39 is 22.8 Å². The van der Waals surface area contributed by atoms with E-state index in [0.717, 1.165) is 6.07 Å². The average molecular weight is 321 g/mol. The Morgan fingerprint density at radius 1 is 1.39 bits per heavy atom. The van der Waals surface area contributed by atoms with Crippen LogP contribution in [0.3, 0.4) is 0 Å². The molecule has 7 nitrogen and oxygen atoms in total. The quantitative estimate of drug-likeness (QED) is 0.787. The van der Waals surface area contributed by atoms with Gasteiger partial charge in [0.05, 0.1) is 24.4 Å². The molecule has 1 aliphatic rings. The standard InChI is InChI=1S/C15H16FN3O4/c1-17-14-12(15(21)22)13(20)8-6-9(16)11(7-10(8)18-14)19-2-4-23-5-3-19/h6-7H,2-5H2,1H3,(H,21,22)(H2,17,18,20). The number of carbonyl (C=O) groups is 1. The van der Waals surface area contributed by atoms with Gasteiger partial charge < -0.3 is 25.0 Å². The summed E-state index contributed by atoms with van der Waals surface area (Å²) >= 11 is 0. The first kappa shape index (κ1) is 15.3. The number of morpholine rings is 1. The number of H-pyrrole nitrogens is 1. The smallest absolute Gasteiger partial charge is 0.343 e. The predicted molar refractivity (Wildman–Crippen MR) is 84.1 cm³/mol. The molecule has 0 aliphatic carbocycles. The van der Waals surface area contributed by atoms with Crippen LogP contribution in [0.4, 0.5) is 15.9 Å². The molecule has 23 heavy (non-hydrogen) atoms. The second kappa shape index (κ2) is 5.88. The van der Waals surface area contributed by atoms with Crippen LogP contribution in [0.15, 0.2) is 16.9 Å². The van der Waals surface area contributed by atoms with E-state index in [-0.39, 0.29) is 11.2 Å². The van der Waals surface area contributed by atoms with E-state index in [4.69, 9.17) is 4.74 Å². The SMILES string of the molecule is CNc1[nH]c2cc(N3CCOCC3)c(F)cc2c(=O)c1C(=O)O. The molecular weight excluding hydrogens is 305 g/mol. The molecule has 0 bridgehead atoms. The number of aromatic nitrogens is 1. The maximum Gasteiger partial charge on any atom is 0.343 e. The topological polar surface area (TPSA) is 94.7 Å². The molecule has 2 aromatic rings. The van der Waals surface area contributed by atoms with E-state index in [1.54, 1.807) is 0 Å². The number of aromatic carboxylic acids is 1. The van der Waals surface area contributed by atoms with Gasteiger partial charge in [-0.2, -0.15) is 0 Å². The molecule has 0 spiro atoms. The number of fused-ring (bicyclic) bond motifs is 1. The number of aromatic amines is 1. The Morgan fingerprint density at radius 2 is 2.09 bits per heavy atom. The van der Waals surface area contributed by atoms with Crippen molar-refractivity contribution in [1.29, 1.82) is 0 Å². The second-order valence-corrected chi connectivity index (χ2v) is 5.21. The minimum absolute atomic E-state index is 0.0101. The van der Waals surface area contributed by atoms with Gasteiger partial charge in [-0.05, 0) is 12.1 Å². The molecule has 8 heteroatoms. The van der Waals surface area contributed by atoms with Gasteiger partial charge in [-0.3, -0.25) is 4.79 Å². The molecule has 1 saturated heterocycles. The van der Waals surface area contributed by atoms with Gasteiger partial charge in [0.1, 0.15) is 17.2 Å². The molecule has 3 rings (SSSR count). The van der Waals surface area contributed by atoms with Crippen LogP contribution in [0.25, 0.3) is 10.9 Å². The number of carboxylic acids is 1. The van der Waals surface area contributed by atoms with E-state index in [2.05, 4.69) is 10.3 Å². The van der Waals surface area contributed by atoms with Crippen LogP contribution >= 0.6 is 0 Å². The van der Waals surface area contributed by atoms with Gasteiger partial charge in [-0.15, -0.1) is 0 Å². The fraction of sp³-hybridized carbons (Fsp3) is 0.333. The fourth-order valence-electron chi connectivity index (χ4n) is 2.74. The van der Waals surface area contributed by atoms with Gasteiger partial charge in [-0.25, -0.2) is 9.18 Å². The molecule has 1 fully saturated rings. The summed E-state index contributed by atoms with van der Waals surface area (Å²) in [6.45, 7) is 2.12. The summed E-state index contributed by atoms with van der Waals surface area (Å²) in [6, 6.07) is 2.62. The number of nitrogens with zero attached hydrogens (tertiary/aromatic N) is 1. The van der Waals surface area contributed by atoms with E-state index >= 15 is 0 Å². The summed E-state index contributed by atoms with van der Waals surface area (Å²) in [5.74, 6) is -1.83. The molecule has 1 aliphatic heterocycles. The van der Waals surface area contributed by atoms with Crippen molar-refractivity contribution in [2.75, 3.05) is 43.6 Å². The zero-order valence-corrected chi connectivity index (χ0v) is 12.5. The lowest BCUT2D eigenvalue weighted by molar-refractivity contribution is 0.0696. The third kappa shape index (κ3) is 2.61. The van der Waals surface area contributed by atoms with Gasteiger partial charge in [0, 0.05) is 25.5 Å². The third-order valence-corrected chi connectivity index (χ3v) is 3.88. The first-order valence-corrected chi connectivity index (χ1v) is 7.16. The van der Waals surface area contributed by atoms with Crippen LogP contribution in [0, 0.1) is 5.82 Å². The first-order valence-electron chi connectivity index (χ1n) is 7.16. The molecule has 2 heterocycles. The Kier molecular flexibility index (Phi) is 3.91. The van der Waals surface area contributed by atoms with Crippen molar-refractivity contribution in [2.24, 2.45) is 0 Å². The lowest BCUT2D eigenvalue weighted by Gasteiger charge is -2.29. The van der Waals surface area contributed by atoms with Crippen LogP contribution in [-0.4, -0.2) is 49.4 Å².